The van der Waals surface area contributed by atoms with Gasteiger partial charge >= 0.3 is 0 Å². The normalized spacial score (nSPS) is 11.1. The van der Waals surface area contributed by atoms with Crippen LogP contribution in [0.25, 0.3) is 5.78 Å². The Kier molecular flexibility index (Phi) is 2.28. The first-order chi connectivity index (χ1) is 7.13. The van der Waals surface area contributed by atoms with Gasteiger partial charge < -0.3 is 5.73 Å². The van der Waals surface area contributed by atoms with Gasteiger partial charge in [-0.05, 0) is 26.8 Å². The zero-order chi connectivity index (χ0) is 11.0. The monoisotopic (exact) mass is 207 g/mol. The van der Waals surface area contributed by atoms with E-state index in [2.05, 4.69) is 15.1 Å². The van der Waals surface area contributed by atoms with Gasteiger partial charge in [-0.25, -0.2) is 4.52 Å². The van der Waals surface area contributed by atoms with Crippen LogP contribution < -0.4 is 11.3 Å². The van der Waals surface area contributed by atoms with Crippen LogP contribution in [-0.4, -0.2) is 26.1 Å². The zero-order valence-corrected chi connectivity index (χ0v) is 8.74. The van der Waals surface area contributed by atoms with Crippen LogP contribution in [0.3, 0.4) is 0 Å². The summed E-state index contributed by atoms with van der Waals surface area (Å²) in [7, 11) is 0. The lowest BCUT2D eigenvalue weighted by molar-refractivity contribution is 0.823. The highest BCUT2D eigenvalue weighted by Gasteiger charge is 2.10. The number of fused-ring (bicyclic) bond motifs is 1. The highest BCUT2D eigenvalue weighted by molar-refractivity contribution is 5.32. The van der Waals surface area contributed by atoms with E-state index in [9.17, 15) is 4.79 Å². The van der Waals surface area contributed by atoms with Gasteiger partial charge in [0.2, 0.25) is 5.78 Å². The second-order valence-electron chi connectivity index (χ2n) is 3.45. The largest absolute Gasteiger partial charge is 0.330 e. The molecule has 2 aromatic heterocycles. The summed E-state index contributed by atoms with van der Waals surface area (Å²) in [5, 5.41) is 4.19. The van der Waals surface area contributed by atoms with Crippen LogP contribution in [0.2, 0.25) is 0 Å². The Morgan fingerprint density at radius 1 is 1.47 bits per heavy atom. The van der Waals surface area contributed by atoms with Gasteiger partial charge in [-0.2, -0.15) is 10.1 Å². The second kappa shape index (κ2) is 3.47. The highest BCUT2D eigenvalue weighted by atomic mass is 16.1. The third-order valence-electron chi connectivity index (χ3n) is 2.36. The van der Waals surface area contributed by atoms with E-state index >= 15 is 0 Å². The molecule has 0 saturated heterocycles. The summed E-state index contributed by atoms with van der Waals surface area (Å²) >= 11 is 0. The number of nitrogens with one attached hydrogen (secondary N) is 1. The van der Waals surface area contributed by atoms with Gasteiger partial charge in [0.1, 0.15) is 5.82 Å². The van der Waals surface area contributed by atoms with Gasteiger partial charge in [0.05, 0.1) is 5.69 Å². The summed E-state index contributed by atoms with van der Waals surface area (Å²) in [5.74, 6) is 1.12. The maximum atomic E-state index is 11.7. The number of rotatable bonds is 2. The Labute approximate surface area is 86.1 Å². The minimum Gasteiger partial charge on any atom is -0.330 e. The Bertz CT molecular complexity index is 553. The standard InChI is InChI=1S/C9H13N5O/c1-5-7(3-4-10)8(15)12-9-11-6(2)13-14(5)9/h3-4,10H2,1-2H3,(H,11,12,13,15). The van der Waals surface area contributed by atoms with Gasteiger partial charge in [0.25, 0.3) is 5.56 Å². The third kappa shape index (κ3) is 1.52. The SMILES string of the molecule is Cc1nc2[nH]c(=O)c(CCN)c(C)n2n1. The van der Waals surface area contributed by atoms with Crippen molar-refractivity contribution in [3.05, 3.63) is 27.4 Å². The molecule has 0 unspecified atom stereocenters. The van der Waals surface area contributed by atoms with Gasteiger partial charge in [0, 0.05) is 5.56 Å². The van der Waals surface area contributed by atoms with Crippen molar-refractivity contribution in [2.75, 3.05) is 6.54 Å². The summed E-state index contributed by atoms with van der Waals surface area (Å²) < 4.78 is 1.64. The second-order valence-corrected chi connectivity index (χ2v) is 3.45. The van der Waals surface area contributed by atoms with Crippen LogP contribution in [-0.2, 0) is 6.42 Å². The van der Waals surface area contributed by atoms with Crippen molar-refractivity contribution in [1.29, 1.82) is 0 Å². The maximum absolute atomic E-state index is 11.7. The number of aromatic amines is 1. The van der Waals surface area contributed by atoms with Crippen molar-refractivity contribution in [3.8, 4) is 0 Å². The summed E-state index contributed by atoms with van der Waals surface area (Å²) in [6, 6.07) is 0. The number of nitrogens with zero attached hydrogens (tertiary/aromatic N) is 3. The Morgan fingerprint density at radius 3 is 2.87 bits per heavy atom. The van der Waals surface area contributed by atoms with Crippen LogP contribution >= 0.6 is 0 Å². The van der Waals surface area contributed by atoms with Gasteiger partial charge in [0.15, 0.2) is 0 Å². The minimum atomic E-state index is -0.127. The number of aryl methyl sites for hydroxylation is 2. The summed E-state index contributed by atoms with van der Waals surface area (Å²) in [5.41, 5.74) is 6.80. The van der Waals surface area contributed by atoms with E-state index in [4.69, 9.17) is 5.73 Å². The van der Waals surface area contributed by atoms with Crippen molar-refractivity contribution in [2.45, 2.75) is 20.3 Å². The molecule has 80 valence electrons. The lowest BCUT2D eigenvalue weighted by atomic mass is 10.2. The number of H-pyrrole nitrogens is 1. The van der Waals surface area contributed by atoms with Crippen molar-refractivity contribution < 1.29 is 0 Å². The molecule has 2 rings (SSSR count). The molecule has 0 spiro atoms. The highest BCUT2D eigenvalue weighted by Crippen LogP contribution is 2.04. The molecule has 0 fully saturated rings. The third-order valence-corrected chi connectivity index (χ3v) is 2.36. The first kappa shape index (κ1) is 9.85. The molecule has 2 heterocycles. The number of hydrogen-bond donors (Lipinski definition) is 2. The fourth-order valence-electron chi connectivity index (χ4n) is 1.64. The van der Waals surface area contributed by atoms with E-state index < -0.39 is 0 Å². The molecular weight excluding hydrogens is 194 g/mol. The molecular formula is C9H13N5O. The van der Waals surface area contributed by atoms with Gasteiger partial charge in [-0.1, -0.05) is 0 Å². The quantitative estimate of drug-likeness (QED) is 0.697. The molecule has 0 amide bonds. The first-order valence-corrected chi connectivity index (χ1v) is 4.78. The van der Waals surface area contributed by atoms with Crippen molar-refractivity contribution in [1.82, 2.24) is 19.6 Å². The van der Waals surface area contributed by atoms with Crippen LogP contribution in [0, 0.1) is 13.8 Å². The van der Waals surface area contributed by atoms with E-state index in [-0.39, 0.29) is 5.56 Å². The number of hydrogen-bond acceptors (Lipinski definition) is 4. The molecule has 0 radical (unpaired) electrons. The predicted octanol–water partition coefficient (Wildman–Crippen LogP) is -0.464. The molecule has 0 bridgehead atoms. The molecule has 0 atom stereocenters. The lowest BCUT2D eigenvalue weighted by Crippen LogP contribution is -2.21. The summed E-state index contributed by atoms with van der Waals surface area (Å²) in [6.07, 6.45) is 0.552. The molecule has 2 aromatic rings. The molecule has 6 nitrogen and oxygen atoms in total. The van der Waals surface area contributed by atoms with Crippen molar-refractivity contribution >= 4 is 5.78 Å². The molecule has 0 aliphatic rings. The maximum Gasteiger partial charge on any atom is 0.255 e. The molecule has 6 heteroatoms. The van der Waals surface area contributed by atoms with Gasteiger partial charge in [-0.3, -0.25) is 9.78 Å². The van der Waals surface area contributed by atoms with Crippen LogP contribution in [0.15, 0.2) is 4.79 Å². The molecule has 0 saturated carbocycles. The molecule has 15 heavy (non-hydrogen) atoms. The Morgan fingerprint density at radius 2 is 2.20 bits per heavy atom. The van der Waals surface area contributed by atoms with E-state index in [1.807, 2.05) is 6.92 Å². The molecule has 0 aromatic carbocycles. The Balaban J connectivity index is 2.77. The van der Waals surface area contributed by atoms with Gasteiger partial charge in [-0.15, -0.1) is 0 Å². The zero-order valence-electron chi connectivity index (χ0n) is 8.74. The molecule has 0 aliphatic heterocycles. The molecule has 3 N–H and O–H groups in total. The van der Waals surface area contributed by atoms with Crippen LogP contribution in [0.4, 0.5) is 0 Å². The first-order valence-electron chi connectivity index (χ1n) is 4.78. The van der Waals surface area contributed by atoms with Crippen molar-refractivity contribution in [2.24, 2.45) is 5.73 Å². The topological polar surface area (TPSA) is 89.1 Å². The van der Waals surface area contributed by atoms with E-state index in [0.29, 0.717) is 30.1 Å². The minimum absolute atomic E-state index is 0.127. The average molecular weight is 207 g/mol. The van der Waals surface area contributed by atoms with E-state index in [1.165, 1.54) is 0 Å². The van der Waals surface area contributed by atoms with E-state index in [0.717, 1.165) is 5.69 Å². The number of aromatic nitrogens is 4. The average Bonchev–Trinajstić information content (AvgIpc) is 2.53. The lowest BCUT2D eigenvalue weighted by Gasteiger charge is -2.04. The van der Waals surface area contributed by atoms with Crippen LogP contribution in [0.1, 0.15) is 17.1 Å². The smallest absolute Gasteiger partial charge is 0.255 e. The van der Waals surface area contributed by atoms with Crippen LogP contribution in [0.5, 0.6) is 0 Å². The fourth-order valence-corrected chi connectivity index (χ4v) is 1.64. The molecule has 0 aliphatic carbocycles. The number of nitrogens with two attached hydrogens (primary N) is 1. The van der Waals surface area contributed by atoms with E-state index in [1.54, 1.807) is 11.4 Å². The predicted molar refractivity (Wildman–Crippen MR) is 55.8 cm³/mol. The Hall–Kier alpha value is -1.69. The fraction of sp³-hybridized carbons (Fsp3) is 0.444. The summed E-state index contributed by atoms with van der Waals surface area (Å²) in [4.78, 5) is 18.4. The summed E-state index contributed by atoms with van der Waals surface area (Å²) in [6.45, 7) is 4.08. The van der Waals surface area contributed by atoms with Crippen molar-refractivity contribution in [3.63, 3.8) is 0 Å².